The van der Waals surface area contributed by atoms with Gasteiger partial charge in [-0.2, -0.15) is 0 Å². The van der Waals surface area contributed by atoms with E-state index in [4.69, 9.17) is 11.6 Å². The third-order valence-electron chi connectivity index (χ3n) is 2.14. The van der Waals surface area contributed by atoms with Gasteiger partial charge in [-0.25, -0.2) is 4.39 Å². The zero-order chi connectivity index (χ0) is 9.26. The van der Waals surface area contributed by atoms with Gasteiger partial charge in [0.1, 0.15) is 0 Å². The molecule has 0 spiro atoms. The van der Waals surface area contributed by atoms with Crippen molar-refractivity contribution < 1.29 is 4.39 Å². The van der Waals surface area contributed by atoms with Crippen LogP contribution in [0.5, 0.6) is 0 Å². The first-order valence-corrected chi connectivity index (χ1v) is 4.80. The molecule has 0 heterocycles. The maximum Gasteiger partial charge on any atom is 0.178 e. The molecule has 1 nitrogen and oxygen atoms in total. The molecule has 0 radical (unpaired) electrons. The van der Waals surface area contributed by atoms with Gasteiger partial charge < -0.3 is 0 Å². The van der Waals surface area contributed by atoms with Crippen LogP contribution < -0.4 is 5.32 Å². The van der Waals surface area contributed by atoms with Crippen molar-refractivity contribution >= 4 is 11.6 Å². The summed E-state index contributed by atoms with van der Waals surface area (Å²) in [6, 6.07) is 7.37. The number of halogens is 2. The number of hydrogen-bond acceptors (Lipinski definition) is 1. The van der Waals surface area contributed by atoms with Crippen LogP contribution in [-0.2, 0) is 0 Å². The average Bonchev–Trinajstić information content (AvgIpc) is 2.89. The largest absolute Gasteiger partial charge is 0.281 e. The van der Waals surface area contributed by atoms with Crippen LogP contribution in [0, 0.1) is 0 Å². The molecule has 1 atom stereocenters. The van der Waals surface area contributed by atoms with E-state index in [1.807, 2.05) is 0 Å². The van der Waals surface area contributed by atoms with E-state index < -0.39 is 6.30 Å². The van der Waals surface area contributed by atoms with Crippen molar-refractivity contribution in [1.82, 2.24) is 5.32 Å². The smallest absolute Gasteiger partial charge is 0.178 e. The van der Waals surface area contributed by atoms with Crippen LogP contribution in [0.3, 0.4) is 0 Å². The predicted molar refractivity (Wildman–Crippen MR) is 51.5 cm³/mol. The van der Waals surface area contributed by atoms with Crippen molar-refractivity contribution in [2.75, 3.05) is 0 Å². The second-order valence-corrected chi connectivity index (χ2v) is 3.73. The summed E-state index contributed by atoms with van der Waals surface area (Å²) in [4.78, 5) is 0. The van der Waals surface area contributed by atoms with Crippen LogP contribution in [0.4, 0.5) is 4.39 Å². The van der Waals surface area contributed by atoms with Gasteiger partial charge in [-0.05, 0) is 18.9 Å². The summed E-state index contributed by atoms with van der Waals surface area (Å²) in [7, 11) is 0. The summed E-state index contributed by atoms with van der Waals surface area (Å²) in [6.45, 7) is 0. The maximum absolute atomic E-state index is 13.5. The molecule has 13 heavy (non-hydrogen) atoms. The molecule has 1 N–H and O–H groups in total. The third-order valence-corrected chi connectivity index (χ3v) is 2.48. The minimum absolute atomic E-state index is 0.353. The first kappa shape index (κ1) is 8.97. The lowest BCUT2D eigenvalue weighted by molar-refractivity contribution is 0.278. The molecule has 0 aromatic heterocycles. The first-order chi connectivity index (χ1) is 6.27. The fourth-order valence-electron chi connectivity index (χ4n) is 1.23. The van der Waals surface area contributed by atoms with Crippen molar-refractivity contribution in [3.8, 4) is 0 Å². The van der Waals surface area contributed by atoms with E-state index >= 15 is 0 Å². The minimum Gasteiger partial charge on any atom is -0.281 e. The average molecular weight is 200 g/mol. The monoisotopic (exact) mass is 199 g/mol. The fraction of sp³-hybridized carbons (Fsp3) is 0.400. The van der Waals surface area contributed by atoms with E-state index in [2.05, 4.69) is 5.32 Å². The Labute approximate surface area is 81.9 Å². The highest BCUT2D eigenvalue weighted by Crippen LogP contribution is 2.28. The van der Waals surface area contributed by atoms with Gasteiger partial charge in [0.05, 0.1) is 0 Å². The number of nitrogens with one attached hydrogen (secondary N) is 1. The Morgan fingerprint density at radius 2 is 2.08 bits per heavy atom. The molecule has 0 amide bonds. The molecule has 1 fully saturated rings. The summed E-state index contributed by atoms with van der Waals surface area (Å²) in [5.74, 6) is 0. The van der Waals surface area contributed by atoms with Crippen LogP contribution in [0.2, 0.25) is 5.02 Å². The number of rotatable bonds is 3. The Hall–Kier alpha value is -0.600. The lowest BCUT2D eigenvalue weighted by Gasteiger charge is -2.10. The van der Waals surface area contributed by atoms with E-state index in [9.17, 15) is 4.39 Å². The van der Waals surface area contributed by atoms with Gasteiger partial charge in [0.25, 0.3) is 0 Å². The lowest BCUT2D eigenvalue weighted by Crippen LogP contribution is -2.19. The first-order valence-electron chi connectivity index (χ1n) is 4.42. The van der Waals surface area contributed by atoms with Crippen LogP contribution in [0.25, 0.3) is 0 Å². The Morgan fingerprint density at radius 1 is 1.38 bits per heavy atom. The highest BCUT2D eigenvalue weighted by atomic mass is 35.5. The van der Waals surface area contributed by atoms with Gasteiger partial charge in [-0.1, -0.05) is 29.8 Å². The summed E-state index contributed by atoms with van der Waals surface area (Å²) in [6.07, 6.45) is 1.02. The van der Waals surface area contributed by atoms with Gasteiger partial charge in [0, 0.05) is 16.6 Å². The van der Waals surface area contributed by atoms with Gasteiger partial charge in [0.15, 0.2) is 6.30 Å². The highest BCUT2D eigenvalue weighted by molar-refractivity contribution is 6.31. The molecule has 1 aliphatic rings. The van der Waals surface area contributed by atoms with Gasteiger partial charge in [0.2, 0.25) is 0 Å². The van der Waals surface area contributed by atoms with E-state index in [0.29, 0.717) is 16.6 Å². The standard InChI is InChI=1S/C10H11ClFN/c11-9-4-2-1-3-8(9)10(12)13-7-5-6-7/h1-4,7,10,13H,5-6H2. The predicted octanol–water partition coefficient (Wildman–Crippen LogP) is 3.06. The molecule has 0 bridgehead atoms. The fourth-order valence-corrected chi connectivity index (χ4v) is 1.46. The molecule has 0 aliphatic heterocycles. The number of alkyl halides is 1. The van der Waals surface area contributed by atoms with Crippen molar-refractivity contribution in [3.63, 3.8) is 0 Å². The van der Waals surface area contributed by atoms with E-state index in [0.717, 1.165) is 12.8 Å². The van der Waals surface area contributed by atoms with Crippen molar-refractivity contribution in [2.24, 2.45) is 0 Å². The summed E-state index contributed by atoms with van der Waals surface area (Å²) in [5.41, 5.74) is 0.538. The molecule has 2 rings (SSSR count). The van der Waals surface area contributed by atoms with E-state index in [1.54, 1.807) is 24.3 Å². The molecule has 1 unspecified atom stereocenters. The van der Waals surface area contributed by atoms with Crippen LogP contribution in [-0.4, -0.2) is 6.04 Å². The van der Waals surface area contributed by atoms with E-state index in [-0.39, 0.29) is 0 Å². The van der Waals surface area contributed by atoms with Crippen LogP contribution >= 0.6 is 11.6 Å². The van der Waals surface area contributed by atoms with Crippen LogP contribution in [0.1, 0.15) is 24.7 Å². The lowest BCUT2D eigenvalue weighted by atomic mass is 10.2. The SMILES string of the molecule is FC(NC1CC1)c1ccccc1Cl. The highest BCUT2D eigenvalue weighted by Gasteiger charge is 2.25. The van der Waals surface area contributed by atoms with Gasteiger partial charge in [-0.3, -0.25) is 5.32 Å². The Balaban J connectivity index is 2.09. The zero-order valence-corrected chi connectivity index (χ0v) is 7.89. The Morgan fingerprint density at radius 3 is 2.69 bits per heavy atom. The molecular weight excluding hydrogens is 189 g/mol. The molecule has 1 saturated carbocycles. The van der Waals surface area contributed by atoms with Crippen molar-refractivity contribution in [3.05, 3.63) is 34.9 Å². The quantitative estimate of drug-likeness (QED) is 0.738. The molecule has 70 valence electrons. The Kier molecular flexibility index (Phi) is 2.51. The molecular formula is C10H11ClFN. The van der Waals surface area contributed by atoms with Gasteiger partial charge in [-0.15, -0.1) is 0 Å². The summed E-state index contributed by atoms with van der Waals surface area (Å²) < 4.78 is 13.5. The minimum atomic E-state index is -1.12. The second-order valence-electron chi connectivity index (χ2n) is 3.33. The normalized spacial score (nSPS) is 18.6. The van der Waals surface area contributed by atoms with Crippen molar-refractivity contribution in [1.29, 1.82) is 0 Å². The molecule has 1 aromatic rings. The van der Waals surface area contributed by atoms with Gasteiger partial charge >= 0.3 is 0 Å². The number of hydrogen-bond donors (Lipinski definition) is 1. The molecule has 0 saturated heterocycles. The third kappa shape index (κ3) is 2.20. The number of benzene rings is 1. The second kappa shape index (κ2) is 3.64. The molecule has 3 heteroatoms. The topological polar surface area (TPSA) is 12.0 Å². The molecule has 1 aromatic carbocycles. The zero-order valence-electron chi connectivity index (χ0n) is 7.13. The Bertz CT molecular complexity index is 299. The van der Waals surface area contributed by atoms with Crippen LogP contribution in [0.15, 0.2) is 24.3 Å². The van der Waals surface area contributed by atoms with Crippen molar-refractivity contribution in [2.45, 2.75) is 25.2 Å². The van der Waals surface area contributed by atoms with E-state index in [1.165, 1.54) is 0 Å². The maximum atomic E-state index is 13.5. The summed E-state index contributed by atoms with van der Waals surface area (Å²) in [5, 5.41) is 3.35. The summed E-state index contributed by atoms with van der Waals surface area (Å²) >= 11 is 5.84. The molecule has 1 aliphatic carbocycles.